The highest BCUT2D eigenvalue weighted by Crippen LogP contribution is 2.47. The van der Waals surface area contributed by atoms with Crippen LogP contribution in [0.2, 0.25) is 0 Å². The van der Waals surface area contributed by atoms with E-state index in [0.717, 1.165) is 5.92 Å². The van der Waals surface area contributed by atoms with Crippen LogP contribution in [0.1, 0.15) is 33.1 Å². The van der Waals surface area contributed by atoms with Gasteiger partial charge in [0, 0.05) is 0 Å². The van der Waals surface area contributed by atoms with Gasteiger partial charge in [-0.05, 0) is 44.2 Å². The molecule has 0 radical (unpaired) electrons. The molecule has 10 heavy (non-hydrogen) atoms. The van der Waals surface area contributed by atoms with E-state index in [1.54, 1.807) is 0 Å². The fourth-order valence-corrected chi connectivity index (χ4v) is 2.25. The minimum Gasteiger partial charge on any atom is -0.320 e. The lowest BCUT2D eigenvalue weighted by atomic mass is 9.62. The molecule has 1 heteroatoms. The van der Waals surface area contributed by atoms with E-state index < -0.39 is 0 Å². The Morgan fingerprint density at radius 3 is 2.50 bits per heavy atom. The fraction of sp³-hybridized carbons (Fsp3) is 1.00. The summed E-state index contributed by atoms with van der Waals surface area (Å²) in [5.74, 6) is 0.988. The molecule has 0 aromatic heterocycles. The van der Waals surface area contributed by atoms with Crippen LogP contribution < -0.4 is 5.32 Å². The second-order valence-corrected chi connectivity index (χ2v) is 4.18. The SMILES string of the molecule is CNCCC1(C)CC(C)C1. The molecule has 0 bridgehead atoms. The number of hydrogen-bond acceptors (Lipinski definition) is 1. The average molecular weight is 141 g/mol. The van der Waals surface area contributed by atoms with Gasteiger partial charge in [-0.15, -0.1) is 0 Å². The molecule has 1 saturated carbocycles. The van der Waals surface area contributed by atoms with Crippen LogP contribution in [0.5, 0.6) is 0 Å². The molecule has 0 atom stereocenters. The van der Waals surface area contributed by atoms with Crippen molar-refractivity contribution in [2.75, 3.05) is 13.6 Å². The summed E-state index contributed by atoms with van der Waals surface area (Å²) in [5, 5.41) is 3.21. The Bertz CT molecular complexity index is 103. The first kappa shape index (κ1) is 8.06. The van der Waals surface area contributed by atoms with Crippen LogP contribution in [-0.4, -0.2) is 13.6 Å². The first-order valence-corrected chi connectivity index (χ1v) is 4.31. The third-order valence-electron chi connectivity index (χ3n) is 2.66. The molecule has 1 nitrogen and oxygen atoms in total. The maximum absolute atomic E-state index is 3.21. The zero-order valence-corrected chi connectivity index (χ0v) is 7.41. The molecule has 0 unspecified atom stereocenters. The lowest BCUT2D eigenvalue weighted by Gasteiger charge is -2.44. The van der Waals surface area contributed by atoms with Gasteiger partial charge < -0.3 is 5.32 Å². The Morgan fingerprint density at radius 1 is 1.50 bits per heavy atom. The van der Waals surface area contributed by atoms with Gasteiger partial charge in [0.05, 0.1) is 0 Å². The third kappa shape index (κ3) is 1.72. The van der Waals surface area contributed by atoms with Crippen LogP contribution in [0.3, 0.4) is 0 Å². The highest BCUT2D eigenvalue weighted by molar-refractivity contribution is 4.88. The Balaban J connectivity index is 2.15. The fourth-order valence-electron chi connectivity index (χ4n) is 2.25. The molecule has 0 aromatic rings. The van der Waals surface area contributed by atoms with Gasteiger partial charge in [-0.1, -0.05) is 13.8 Å². The van der Waals surface area contributed by atoms with Gasteiger partial charge in [-0.25, -0.2) is 0 Å². The summed E-state index contributed by atoms with van der Waals surface area (Å²) in [5.41, 5.74) is 0.683. The Kier molecular flexibility index (Phi) is 2.35. The van der Waals surface area contributed by atoms with Crippen molar-refractivity contribution in [2.45, 2.75) is 33.1 Å². The molecular weight excluding hydrogens is 122 g/mol. The van der Waals surface area contributed by atoms with Gasteiger partial charge in [0.15, 0.2) is 0 Å². The van der Waals surface area contributed by atoms with Gasteiger partial charge in [0.1, 0.15) is 0 Å². The normalized spacial score (nSPS) is 39.3. The first-order valence-electron chi connectivity index (χ1n) is 4.31. The van der Waals surface area contributed by atoms with Crippen LogP contribution in [0.4, 0.5) is 0 Å². The van der Waals surface area contributed by atoms with Crippen LogP contribution >= 0.6 is 0 Å². The van der Waals surface area contributed by atoms with E-state index in [4.69, 9.17) is 0 Å². The summed E-state index contributed by atoms with van der Waals surface area (Å²) in [6.45, 7) is 5.94. The van der Waals surface area contributed by atoms with Crippen molar-refractivity contribution in [1.29, 1.82) is 0 Å². The Labute approximate surface area is 64.2 Å². The van der Waals surface area contributed by atoms with Crippen molar-refractivity contribution in [2.24, 2.45) is 11.3 Å². The van der Waals surface area contributed by atoms with Crippen LogP contribution in [0, 0.1) is 11.3 Å². The smallest absolute Gasteiger partial charge is 0.00467 e. The van der Waals surface area contributed by atoms with Gasteiger partial charge in [-0.3, -0.25) is 0 Å². The summed E-state index contributed by atoms with van der Waals surface area (Å²) in [6, 6.07) is 0. The third-order valence-corrected chi connectivity index (χ3v) is 2.66. The maximum atomic E-state index is 3.21. The van der Waals surface area contributed by atoms with Crippen molar-refractivity contribution in [3.05, 3.63) is 0 Å². The maximum Gasteiger partial charge on any atom is -0.00467 e. The Morgan fingerprint density at radius 2 is 2.10 bits per heavy atom. The zero-order valence-electron chi connectivity index (χ0n) is 7.41. The highest BCUT2D eigenvalue weighted by Gasteiger charge is 2.36. The number of hydrogen-bond donors (Lipinski definition) is 1. The van der Waals surface area contributed by atoms with E-state index in [0.29, 0.717) is 5.41 Å². The van der Waals surface area contributed by atoms with Crippen LogP contribution in [0.25, 0.3) is 0 Å². The minimum atomic E-state index is 0.683. The molecule has 0 aliphatic heterocycles. The predicted octanol–water partition coefficient (Wildman–Crippen LogP) is 2.03. The molecule has 0 aromatic carbocycles. The lowest BCUT2D eigenvalue weighted by Crippen LogP contribution is -2.35. The molecule has 60 valence electrons. The van der Waals surface area contributed by atoms with Crippen molar-refractivity contribution in [3.63, 3.8) is 0 Å². The molecule has 0 heterocycles. The summed E-state index contributed by atoms with van der Waals surface area (Å²) in [4.78, 5) is 0. The average Bonchev–Trinajstić information content (AvgIpc) is 1.81. The largest absolute Gasteiger partial charge is 0.320 e. The summed E-state index contributed by atoms with van der Waals surface area (Å²) < 4.78 is 0. The van der Waals surface area contributed by atoms with Crippen molar-refractivity contribution < 1.29 is 0 Å². The molecule has 1 aliphatic rings. The lowest BCUT2D eigenvalue weighted by molar-refractivity contribution is 0.0783. The summed E-state index contributed by atoms with van der Waals surface area (Å²) in [7, 11) is 2.03. The second-order valence-electron chi connectivity index (χ2n) is 4.18. The summed E-state index contributed by atoms with van der Waals surface area (Å²) in [6.07, 6.45) is 4.23. The van der Waals surface area contributed by atoms with Crippen molar-refractivity contribution in [3.8, 4) is 0 Å². The van der Waals surface area contributed by atoms with Crippen LogP contribution in [0.15, 0.2) is 0 Å². The highest BCUT2D eigenvalue weighted by atomic mass is 14.8. The van der Waals surface area contributed by atoms with E-state index >= 15 is 0 Å². The van der Waals surface area contributed by atoms with E-state index in [1.807, 2.05) is 7.05 Å². The topological polar surface area (TPSA) is 12.0 Å². The van der Waals surface area contributed by atoms with Gasteiger partial charge in [0.2, 0.25) is 0 Å². The molecule has 1 N–H and O–H groups in total. The Hall–Kier alpha value is -0.0400. The molecular formula is C9H19N. The molecule has 0 spiro atoms. The minimum absolute atomic E-state index is 0.683. The monoisotopic (exact) mass is 141 g/mol. The number of rotatable bonds is 3. The van der Waals surface area contributed by atoms with E-state index in [-0.39, 0.29) is 0 Å². The standard InChI is InChI=1S/C9H19N/c1-8-6-9(2,7-8)4-5-10-3/h8,10H,4-7H2,1-3H3. The predicted molar refractivity (Wildman–Crippen MR) is 45.0 cm³/mol. The quantitative estimate of drug-likeness (QED) is 0.634. The molecule has 1 fully saturated rings. The van der Waals surface area contributed by atoms with Crippen molar-refractivity contribution in [1.82, 2.24) is 5.32 Å². The van der Waals surface area contributed by atoms with E-state index in [9.17, 15) is 0 Å². The molecule has 1 rings (SSSR count). The molecule has 0 saturated heterocycles. The second kappa shape index (κ2) is 2.91. The molecule has 1 aliphatic carbocycles. The van der Waals surface area contributed by atoms with Gasteiger partial charge in [0.25, 0.3) is 0 Å². The summed E-state index contributed by atoms with van der Waals surface area (Å²) >= 11 is 0. The molecule has 0 amide bonds. The van der Waals surface area contributed by atoms with Crippen molar-refractivity contribution >= 4 is 0 Å². The zero-order chi connectivity index (χ0) is 7.61. The van der Waals surface area contributed by atoms with Gasteiger partial charge >= 0.3 is 0 Å². The van der Waals surface area contributed by atoms with E-state index in [2.05, 4.69) is 19.2 Å². The van der Waals surface area contributed by atoms with E-state index in [1.165, 1.54) is 25.8 Å². The van der Waals surface area contributed by atoms with Gasteiger partial charge in [-0.2, -0.15) is 0 Å². The first-order chi connectivity index (χ1) is 4.66. The number of nitrogens with one attached hydrogen (secondary N) is 1. The van der Waals surface area contributed by atoms with Crippen LogP contribution in [-0.2, 0) is 0 Å².